The molecule has 30 heavy (non-hydrogen) atoms. The van der Waals surface area contributed by atoms with Gasteiger partial charge in [0, 0.05) is 11.3 Å². The van der Waals surface area contributed by atoms with Crippen molar-refractivity contribution in [3.05, 3.63) is 76.9 Å². The van der Waals surface area contributed by atoms with Crippen LogP contribution >= 0.6 is 0 Å². The van der Waals surface area contributed by atoms with Crippen molar-refractivity contribution in [1.29, 1.82) is 0 Å². The summed E-state index contributed by atoms with van der Waals surface area (Å²) < 4.78 is 20.2. The van der Waals surface area contributed by atoms with Crippen LogP contribution in [-0.4, -0.2) is 22.8 Å². The summed E-state index contributed by atoms with van der Waals surface area (Å²) in [6.45, 7) is 3.84. The molecule has 0 radical (unpaired) electrons. The van der Waals surface area contributed by atoms with Crippen molar-refractivity contribution in [2.24, 2.45) is 5.92 Å². The number of carbonyl (C=O) groups excluding carboxylic acids is 1. The first-order valence-electron chi connectivity index (χ1n) is 10.2. The molecule has 156 valence electrons. The molecule has 1 heterocycles. The van der Waals surface area contributed by atoms with E-state index in [2.05, 4.69) is 10.4 Å². The fourth-order valence-corrected chi connectivity index (χ4v) is 3.86. The zero-order chi connectivity index (χ0) is 21.3. The predicted molar refractivity (Wildman–Crippen MR) is 113 cm³/mol. The first-order valence-corrected chi connectivity index (χ1v) is 10.2. The molecule has 1 atom stereocenters. The van der Waals surface area contributed by atoms with Crippen LogP contribution in [-0.2, 0) is 11.2 Å². The van der Waals surface area contributed by atoms with Gasteiger partial charge in [0.05, 0.1) is 31.0 Å². The number of halogens is 1. The molecular weight excluding hydrogens is 381 g/mol. The van der Waals surface area contributed by atoms with Crippen LogP contribution in [0.15, 0.2) is 48.5 Å². The number of ether oxygens (including phenoxy) is 1. The highest BCUT2D eigenvalue weighted by atomic mass is 19.1. The topological polar surface area (TPSA) is 56.1 Å². The lowest BCUT2D eigenvalue weighted by molar-refractivity contribution is -0.121. The van der Waals surface area contributed by atoms with Gasteiger partial charge in [0.25, 0.3) is 0 Å². The molecule has 1 saturated carbocycles. The third kappa shape index (κ3) is 4.22. The van der Waals surface area contributed by atoms with Gasteiger partial charge < -0.3 is 10.1 Å². The Balaban J connectivity index is 1.51. The van der Waals surface area contributed by atoms with Crippen LogP contribution in [0.4, 0.5) is 4.39 Å². The van der Waals surface area contributed by atoms with E-state index in [0.29, 0.717) is 5.92 Å². The Bertz CT molecular complexity index is 1040. The largest absolute Gasteiger partial charge is 0.497 e. The molecule has 1 aliphatic rings. The number of carbonyl (C=O) groups is 1. The molecule has 0 saturated heterocycles. The Hall–Kier alpha value is -3.15. The van der Waals surface area contributed by atoms with Gasteiger partial charge in [-0.05, 0) is 74.6 Å². The Morgan fingerprint density at radius 3 is 2.43 bits per heavy atom. The normalized spacial score (nSPS) is 14.4. The van der Waals surface area contributed by atoms with Crippen molar-refractivity contribution >= 4 is 5.91 Å². The van der Waals surface area contributed by atoms with Gasteiger partial charge in [0.1, 0.15) is 11.6 Å². The summed E-state index contributed by atoms with van der Waals surface area (Å²) in [4.78, 5) is 12.9. The smallest absolute Gasteiger partial charge is 0.225 e. The first-order chi connectivity index (χ1) is 14.5. The van der Waals surface area contributed by atoms with Crippen molar-refractivity contribution in [2.45, 2.75) is 39.2 Å². The van der Waals surface area contributed by atoms with E-state index in [1.54, 1.807) is 23.9 Å². The number of aromatic nitrogens is 2. The van der Waals surface area contributed by atoms with E-state index in [1.807, 2.05) is 38.1 Å². The fraction of sp³-hybridized carbons (Fsp3) is 0.333. The number of nitrogens with one attached hydrogen (secondary N) is 1. The van der Waals surface area contributed by atoms with E-state index in [4.69, 9.17) is 4.74 Å². The van der Waals surface area contributed by atoms with E-state index in [9.17, 15) is 9.18 Å². The maximum absolute atomic E-state index is 13.2. The maximum atomic E-state index is 13.2. The number of benzene rings is 2. The minimum atomic E-state index is -0.287. The number of hydrogen-bond donors (Lipinski definition) is 1. The molecule has 0 spiro atoms. The summed E-state index contributed by atoms with van der Waals surface area (Å²) in [7, 11) is 1.64. The molecule has 1 amide bonds. The highest BCUT2D eigenvalue weighted by molar-refractivity contribution is 5.79. The van der Waals surface area contributed by atoms with Gasteiger partial charge in [-0.15, -0.1) is 0 Å². The van der Waals surface area contributed by atoms with Crippen LogP contribution in [0, 0.1) is 25.6 Å². The molecule has 1 aliphatic carbocycles. The minimum Gasteiger partial charge on any atom is -0.497 e. The van der Waals surface area contributed by atoms with E-state index >= 15 is 0 Å². The molecular formula is C24H26FN3O2. The summed E-state index contributed by atoms with van der Waals surface area (Å²) in [5, 5.41) is 7.79. The van der Waals surface area contributed by atoms with Gasteiger partial charge >= 0.3 is 0 Å². The summed E-state index contributed by atoms with van der Waals surface area (Å²) in [5.41, 5.74) is 4.47. The quantitative estimate of drug-likeness (QED) is 0.630. The van der Waals surface area contributed by atoms with E-state index in [0.717, 1.165) is 46.8 Å². The number of aryl methyl sites for hydroxylation is 1. The van der Waals surface area contributed by atoms with Crippen molar-refractivity contribution < 1.29 is 13.9 Å². The van der Waals surface area contributed by atoms with Crippen LogP contribution in [0.3, 0.4) is 0 Å². The Morgan fingerprint density at radius 1 is 1.17 bits per heavy atom. The first kappa shape index (κ1) is 20.1. The lowest BCUT2D eigenvalue weighted by Crippen LogP contribution is -2.31. The summed E-state index contributed by atoms with van der Waals surface area (Å²) >= 11 is 0. The lowest BCUT2D eigenvalue weighted by atomic mass is 10.0. The van der Waals surface area contributed by atoms with Crippen molar-refractivity contribution in [2.75, 3.05) is 7.11 Å². The lowest BCUT2D eigenvalue weighted by Gasteiger charge is -2.19. The van der Waals surface area contributed by atoms with Crippen molar-refractivity contribution in [3.63, 3.8) is 0 Å². The number of amides is 1. The molecule has 6 heteroatoms. The SMILES string of the molecule is COc1ccc(C(NC(=O)Cc2c(C)nn(-c3ccc(F)cc3)c2C)C2CC2)cc1. The molecule has 1 N–H and O–H groups in total. The van der Waals surface area contributed by atoms with E-state index in [-0.39, 0.29) is 24.2 Å². The number of methoxy groups -OCH3 is 1. The molecule has 1 unspecified atom stereocenters. The molecule has 2 aromatic carbocycles. The Kier molecular flexibility index (Phi) is 5.57. The zero-order valence-corrected chi connectivity index (χ0v) is 17.5. The molecule has 0 bridgehead atoms. The third-order valence-corrected chi connectivity index (χ3v) is 5.73. The molecule has 3 aromatic rings. The van der Waals surface area contributed by atoms with Crippen molar-refractivity contribution in [1.82, 2.24) is 15.1 Å². The minimum absolute atomic E-state index is 0.0103. The van der Waals surface area contributed by atoms with Gasteiger partial charge in [-0.1, -0.05) is 12.1 Å². The van der Waals surface area contributed by atoms with Crippen LogP contribution < -0.4 is 10.1 Å². The second-order valence-electron chi connectivity index (χ2n) is 7.87. The Labute approximate surface area is 175 Å². The average molecular weight is 407 g/mol. The predicted octanol–water partition coefficient (Wildman–Crippen LogP) is 4.45. The molecule has 1 aromatic heterocycles. The molecule has 5 nitrogen and oxygen atoms in total. The second kappa shape index (κ2) is 8.30. The fourth-order valence-electron chi connectivity index (χ4n) is 3.86. The van der Waals surface area contributed by atoms with E-state index in [1.165, 1.54) is 12.1 Å². The Morgan fingerprint density at radius 2 is 1.83 bits per heavy atom. The maximum Gasteiger partial charge on any atom is 0.225 e. The molecule has 1 fully saturated rings. The monoisotopic (exact) mass is 407 g/mol. The average Bonchev–Trinajstić information content (AvgIpc) is 3.55. The zero-order valence-electron chi connectivity index (χ0n) is 17.5. The van der Waals surface area contributed by atoms with Gasteiger partial charge in [-0.2, -0.15) is 5.10 Å². The highest BCUT2D eigenvalue weighted by Crippen LogP contribution is 2.41. The van der Waals surface area contributed by atoms with Crippen LogP contribution in [0.2, 0.25) is 0 Å². The summed E-state index contributed by atoms with van der Waals surface area (Å²) in [5.74, 6) is 0.975. The number of hydrogen-bond acceptors (Lipinski definition) is 3. The van der Waals surface area contributed by atoms with E-state index < -0.39 is 0 Å². The van der Waals surface area contributed by atoms with Gasteiger partial charge in [-0.3, -0.25) is 4.79 Å². The third-order valence-electron chi connectivity index (χ3n) is 5.73. The summed E-state index contributed by atoms with van der Waals surface area (Å²) in [6.07, 6.45) is 2.51. The van der Waals surface area contributed by atoms with Crippen LogP contribution in [0.25, 0.3) is 5.69 Å². The van der Waals surface area contributed by atoms with Crippen molar-refractivity contribution in [3.8, 4) is 11.4 Å². The highest BCUT2D eigenvalue weighted by Gasteiger charge is 2.33. The van der Waals surface area contributed by atoms with Crippen LogP contribution in [0.5, 0.6) is 5.75 Å². The van der Waals surface area contributed by atoms with Crippen LogP contribution in [0.1, 0.15) is 41.4 Å². The number of nitrogens with zero attached hydrogens (tertiary/aromatic N) is 2. The molecule has 4 rings (SSSR count). The van der Waals surface area contributed by atoms with Gasteiger partial charge in [0.2, 0.25) is 5.91 Å². The molecule has 0 aliphatic heterocycles. The second-order valence-corrected chi connectivity index (χ2v) is 7.87. The number of rotatable bonds is 7. The van der Waals surface area contributed by atoms with Gasteiger partial charge in [-0.25, -0.2) is 9.07 Å². The van der Waals surface area contributed by atoms with Gasteiger partial charge in [0.15, 0.2) is 0 Å². The standard InChI is InChI=1S/C24H26FN3O2/c1-15-22(16(2)28(27-15)20-10-8-19(25)9-11-20)14-23(29)26-24(17-4-5-17)18-6-12-21(30-3)13-7-18/h6-13,17,24H,4-5,14H2,1-3H3,(H,26,29). The summed E-state index contributed by atoms with van der Waals surface area (Å²) in [6, 6.07) is 14.1.